The molecule has 0 bridgehead atoms. The Morgan fingerprint density at radius 2 is 1.94 bits per heavy atom. The molecule has 2 heterocycles. The summed E-state index contributed by atoms with van der Waals surface area (Å²) in [4.78, 5) is 4.55. The van der Waals surface area contributed by atoms with Gasteiger partial charge in [-0.25, -0.2) is 4.98 Å². The molecule has 17 heavy (non-hydrogen) atoms. The van der Waals surface area contributed by atoms with Crippen molar-refractivity contribution in [2.24, 2.45) is 0 Å². The van der Waals surface area contributed by atoms with Crippen molar-refractivity contribution in [3.63, 3.8) is 0 Å². The molecule has 0 fully saturated rings. The lowest BCUT2D eigenvalue weighted by molar-refractivity contribution is 0.174. The van der Waals surface area contributed by atoms with Crippen LogP contribution in [0.2, 0.25) is 0 Å². The van der Waals surface area contributed by atoms with Crippen molar-refractivity contribution in [2.45, 2.75) is 19.9 Å². The van der Waals surface area contributed by atoms with Crippen molar-refractivity contribution in [3.05, 3.63) is 24.3 Å². The first kappa shape index (κ1) is 10.2. The van der Waals surface area contributed by atoms with Crippen LogP contribution >= 0.6 is 0 Å². The first-order chi connectivity index (χ1) is 8.22. The van der Waals surface area contributed by atoms with E-state index in [0.717, 1.165) is 28.2 Å². The molecule has 4 heteroatoms. The Morgan fingerprint density at radius 1 is 1.18 bits per heavy atom. The summed E-state index contributed by atoms with van der Waals surface area (Å²) >= 11 is 0. The highest BCUT2D eigenvalue weighted by Gasteiger charge is 2.14. The van der Waals surface area contributed by atoms with E-state index in [1.165, 1.54) is 0 Å². The molecule has 1 aromatic heterocycles. The van der Waals surface area contributed by atoms with Crippen LogP contribution < -0.4 is 14.8 Å². The second-order valence-electron chi connectivity index (χ2n) is 4.39. The minimum absolute atomic E-state index is 0.294. The number of nitrogens with zero attached hydrogens (tertiary/aromatic N) is 1. The summed E-state index contributed by atoms with van der Waals surface area (Å²) in [6.07, 6.45) is 0. The minimum atomic E-state index is 0.294. The SMILES string of the molecule is CC(C)Nc1ccc2cc3c(cc2n1)OCO3. The van der Waals surface area contributed by atoms with Crippen LogP contribution in [0, 0.1) is 0 Å². The van der Waals surface area contributed by atoms with Crippen LogP contribution in [0.3, 0.4) is 0 Å². The van der Waals surface area contributed by atoms with Crippen molar-refractivity contribution in [1.82, 2.24) is 4.98 Å². The second-order valence-corrected chi connectivity index (χ2v) is 4.39. The number of ether oxygens (including phenoxy) is 2. The van der Waals surface area contributed by atoms with Crippen LogP contribution in [0.25, 0.3) is 10.9 Å². The van der Waals surface area contributed by atoms with Crippen LogP contribution in [0.4, 0.5) is 5.82 Å². The lowest BCUT2D eigenvalue weighted by Gasteiger charge is -2.09. The van der Waals surface area contributed by atoms with E-state index in [0.29, 0.717) is 12.8 Å². The highest BCUT2D eigenvalue weighted by atomic mass is 16.7. The maximum atomic E-state index is 5.34. The van der Waals surface area contributed by atoms with Gasteiger partial charge in [-0.3, -0.25) is 0 Å². The van der Waals surface area contributed by atoms with E-state index < -0.39 is 0 Å². The van der Waals surface area contributed by atoms with E-state index in [-0.39, 0.29) is 0 Å². The van der Waals surface area contributed by atoms with Gasteiger partial charge in [-0.1, -0.05) is 0 Å². The van der Waals surface area contributed by atoms with Crippen LogP contribution in [0.5, 0.6) is 11.5 Å². The van der Waals surface area contributed by atoms with Gasteiger partial charge in [-0.15, -0.1) is 0 Å². The number of benzene rings is 1. The Labute approximate surface area is 99.6 Å². The standard InChI is InChI=1S/C13H14N2O2/c1-8(2)14-13-4-3-9-5-11-12(17-7-16-11)6-10(9)15-13/h3-6,8H,7H2,1-2H3,(H,14,15). The van der Waals surface area contributed by atoms with E-state index in [1.807, 2.05) is 24.3 Å². The number of nitrogens with one attached hydrogen (secondary N) is 1. The summed E-state index contributed by atoms with van der Waals surface area (Å²) in [6, 6.07) is 8.26. The quantitative estimate of drug-likeness (QED) is 0.861. The fourth-order valence-electron chi connectivity index (χ4n) is 1.89. The van der Waals surface area contributed by atoms with Gasteiger partial charge in [0.25, 0.3) is 0 Å². The molecule has 0 unspecified atom stereocenters. The number of aromatic nitrogens is 1. The first-order valence-corrected chi connectivity index (χ1v) is 5.69. The molecule has 1 aliphatic heterocycles. The third-order valence-electron chi connectivity index (χ3n) is 2.62. The van der Waals surface area contributed by atoms with Crippen molar-refractivity contribution in [3.8, 4) is 11.5 Å². The van der Waals surface area contributed by atoms with Gasteiger partial charge in [0.1, 0.15) is 5.82 Å². The molecule has 1 N–H and O–H groups in total. The number of fused-ring (bicyclic) bond motifs is 2. The van der Waals surface area contributed by atoms with Gasteiger partial charge in [-0.05, 0) is 32.0 Å². The Hall–Kier alpha value is -1.97. The number of rotatable bonds is 2. The van der Waals surface area contributed by atoms with Gasteiger partial charge in [0, 0.05) is 17.5 Å². The van der Waals surface area contributed by atoms with E-state index in [2.05, 4.69) is 24.1 Å². The first-order valence-electron chi connectivity index (χ1n) is 5.69. The normalized spacial score (nSPS) is 13.4. The van der Waals surface area contributed by atoms with Gasteiger partial charge in [-0.2, -0.15) is 0 Å². The lowest BCUT2D eigenvalue weighted by Crippen LogP contribution is -2.10. The highest BCUT2D eigenvalue weighted by molar-refractivity contribution is 5.84. The van der Waals surface area contributed by atoms with Crippen LogP contribution in [-0.4, -0.2) is 17.8 Å². The van der Waals surface area contributed by atoms with E-state index in [4.69, 9.17) is 9.47 Å². The van der Waals surface area contributed by atoms with Crippen LogP contribution in [0.1, 0.15) is 13.8 Å². The molecule has 0 saturated heterocycles. The van der Waals surface area contributed by atoms with Gasteiger partial charge in [0.05, 0.1) is 5.52 Å². The Morgan fingerprint density at radius 3 is 2.71 bits per heavy atom. The molecular formula is C13H14N2O2. The monoisotopic (exact) mass is 230 g/mol. The largest absolute Gasteiger partial charge is 0.454 e. The minimum Gasteiger partial charge on any atom is -0.454 e. The molecule has 0 atom stereocenters. The molecule has 4 nitrogen and oxygen atoms in total. The zero-order chi connectivity index (χ0) is 11.8. The van der Waals surface area contributed by atoms with Gasteiger partial charge in [0.2, 0.25) is 6.79 Å². The summed E-state index contributed by atoms with van der Waals surface area (Å²) in [6.45, 7) is 4.47. The molecule has 0 aliphatic carbocycles. The van der Waals surface area contributed by atoms with Crippen molar-refractivity contribution >= 4 is 16.7 Å². The van der Waals surface area contributed by atoms with Gasteiger partial charge >= 0.3 is 0 Å². The maximum Gasteiger partial charge on any atom is 0.231 e. The number of anilines is 1. The second kappa shape index (κ2) is 3.80. The fourth-order valence-corrected chi connectivity index (χ4v) is 1.89. The molecule has 1 aromatic carbocycles. The van der Waals surface area contributed by atoms with Crippen LogP contribution in [-0.2, 0) is 0 Å². The summed E-state index contributed by atoms with van der Waals surface area (Å²) in [5, 5.41) is 4.34. The van der Waals surface area contributed by atoms with Crippen LogP contribution in [0.15, 0.2) is 24.3 Å². The average molecular weight is 230 g/mol. The molecule has 0 amide bonds. The van der Waals surface area contributed by atoms with Crippen molar-refractivity contribution < 1.29 is 9.47 Å². The predicted molar refractivity (Wildman–Crippen MR) is 66.6 cm³/mol. The Kier molecular flexibility index (Phi) is 2.28. The molecule has 1 aliphatic rings. The lowest BCUT2D eigenvalue weighted by atomic mass is 10.2. The third kappa shape index (κ3) is 1.86. The fraction of sp³-hybridized carbons (Fsp3) is 0.308. The van der Waals surface area contributed by atoms with E-state index in [9.17, 15) is 0 Å². The molecular weight excluding hydrogens is 216 g/mol. The topological polar surface area (TPSA) is 43.4 Å². The van der Waals surface area contributed by atoms with E-state index >= 15 is 0 Å². The summed E-state index contributed by atoms with van der Waals surface area (Å²) in [5.74, 6) is 2.45. The average Bonchev–Trinajstić information content (AvgIpc) is 2.72. The maximum absolute atomic E-state index is 5.34. The molecule has 0 radical (unpaired) electrons. The summed E-state index contributed by atoms with van der Waals surface area (Å²) in [7, 11) is 0. The highest BCUT2D eigenvalue weighted by Crippen LogP contribution is 2.35. The van der Waals surface area contributed by atoms with Crippen molar-refractivity contribution in [1.29, 1.82) is 0 Å². The molecule has 0 saturated carbocycles. The molecule has 88 valence electrons. The molecule has 2 aromatic rings. The number of hydrogen-bond acceptors (Lipinski definition) is 4. The Balaban J connectivity index is 2.07. The van der Waals surface area contributed by atoms with Gasteiger partial charge in [0.15, 0.2) is 11.5 Å². The predicted octanol–water partition coefficient (Wildman–Crippen LogP) is 2.78. The van der Waals surface area contributed by atoms with Crippen molar-refractivity contribution in [2.75, 3.05) is 12.1 Å². The van der Waals surface area contributed by atoms with E-state index in [1.54, 1.807) is 0 Å². The smallest absolute Gasteiger partial charge is 0.231 e. The zero-order valence-electron chi connectivity index (χ0n) is 9.86. The molecule has 0 spiro atoms. The Bertz CT molecular complexity index is 567. The molecule has 3 rings (SSSR count). The zero-order valence-corrected chi connectivity index (χ0v) is 9.86. The number of hydrogen-bond donors (Lipinski definition) is 1. The number of pyridine rings is 1. The summed E-state index contributed by atoms with van der Waals surface area (Å²) in [5.41, 5.74) is 0.917. The third-order valence-corrected chi connectivity index (χ3v) is 2.62. The van der Waals surface area contributed by atoms with Gasteiger partial charge < -0.3 is 14.8 Å². The summed E-state index contributed by atoms with van der Waals surface area (Å²) < 4.78 is 10.7.